The molecule has 1 unspecified atom stereocenters. The maximum atomic E-state index is 9.33. The zero-order valence-corrected chi connectivity index (χ0v) is 11.6. The number of hydrogen-bond acceptors (Lipinski definition) is 4. The van der Waals surface area contributed by atoms with Crippen molar-refractivity contribution in [3.8, 4) is 6.07 Å². The Morgan fingerprint density at radius 2 is 2.19 bits per heavy atom. The minimum Gasteiger partial charge on any atom is -0.456 e. The van der Waals surface area contributed by atoms with Gasteiger partial charge in [0.05, 0.1) is 11.8 Å². The summed E-state index contributed by atoms with van der Waals surface area (Å²) < 4.78 is 5.50. The van der Waals surface area contributed by atoms with Crippen LogP contribution in [0.5, 0.6) is 0 Å². The van der Waals surface area contributed by atoms with Crippen molar-refractivity contribution in [2.45, 2.75) is 38.5 Å². The minimum absolute atomic E-state index is 0.653. The first-order valence-corrected chi connectivity index (χ1v) is 8.77. The third-order valence-electron chi connectivity index (χ3n) is 2.58. The van der Waals surface area contributed by atoms with Gasteiger partial charge in [-0.25, -0.2) is 0 Å². The highest BCUT2D eigenvalue weighted by Gasteiger charge is 2.39. The van der Waals surface area contributed by atoms with Crippen LogP contribution in [0.1, 0.15) is 13.3 Å². The van der Waals surface area contributed by atoms with Gasteiger partial charge < -0.3 is 9.43 Å². The summed E-state index contributed by atoms with van der Waals surface area (Å²) in [6, 6.07) is 2.33. The quantitative estimate of drug-likeness (QED) is 0.430. The molecule has 1 aliphatic heterocycles. The summed E-state index contributed by atoms with van der Waals surface area (Å²) in [7, 11) is 0.215. The van der Waals surface area contributed by atoms with Gasteiger partial charge in [-0.05, 0) is 32.8 Å². The Labute approximate surface area is 98.3 Å². The first kappa shape index (κ1) is 12.8. The van der Waals surface area contributed by atoms with Crippen molar-refractivity contribution in [3.05, 3.63) is 12.3 Å². The highest BCUT2D eigenvalue weighted by Crippen LogP contribution is 2.27. The van der Waals surface area contributed by atoms with Gasteiger partial charge >= 0.3 is 0 Å². The van der Waals surface area contributed by atoms with E-state index in [9.17, 15) is 5.26 Å². The van der Waals surface area contributed by atoms with Crippen molar-refractivity contribution in [2.24, 2.45) is 5.16 Å². The van der Waals surface area contributed by atoms with E-state index in [1.807, 2.05) is 31.1 Å². The van der Waals surface area contributed by atoms with Crippen LogP contribution in [0.15, 0.2) is 17.4 Å². The largest absolute Gasteiger partial charge is 0.456 e. The molecule has 1 atom stereocenters. The molecule has 0 saturated carbocycles. The summed E-state index contributed by atoms with van der Waals surface area (Å²) >= 11 is 0. The minimum atomic E-state index is -1.67. The van der Waals surface area contributed by atoms with Crippen LogP contribution < -0.4 is 0 Å². The number of nitriles is 1. The third kappa shape index (κ3) is 2.45. The lowest BCUT2D eigenvalue weighted by atomic mass is 9.93. The Balaban J connectivity index is 2.87. The molecule has 1 rings (SSSR count). The van der Waals surface area contributed by atoms with Gasteiger partial charge in [-0.2, -0.15) is 5.26 Å². The van der Waals surface area contributed by atoms with Crippen LogP contribution in [0, 0.1) is 11.3 Å². The topological polar surface area (TPSA) is 48.6 Å². The Bertz CT molecular complexity index is 364. The summed E-state index contributed by atoms with van der Waals surface area (Å²) in [5.41, 5.74) is 0.0737. The van der Waals surface area contributed by atoms with Gasteiger partial charge in [-0.15, -0.1) is 5.16 Å². The average Bonchev–Trinajstić information content (AvgIpc) is 2.56. The molecule has 16 heavy (non-hydrogen) atoms. The van der Waals surface area contributed by atoms with Gasteiger partial charge in [0.25, 0.3) is 8.32 Å². The van der Waals surface area contributed by atoms with E-state index in [-0.39, 0.29) is 0 Å². The van der Waals surface area contributed by atoms with Crippen LogP contribution in [-0.2, 0) is 4.53 Å². The second-order valence-electron chi connectivity index (χ2n) is 5.05. The van der Waals surface area contributed by atoms with Gasteiger partial charge in [-0.1, -0.05) is 6.08 Å². The molecule has 0 aliphatic carbocycles. The maximum absolute atomic E-state index is 9.33. The summed E-state index contributed by atoms with van der Waals surface area (Å²) in [4.78, 5) is 1.89. The lowest BCUT2D eigenvalue weighted by Gasteiger charge is -2.30. The average molecular weight is 237 g/mol. The molecule has 4 nitrogen and oxygen atoms in total. The van der Waals surface area contributed by atoms with E-state index in [0.717, 1.165) is 5.71 Å². The second-order valence-corrected chi connectivity index (χ2v) is 9.46. The Morgan fingerprint density at radius 1 is 1.56 bits per heavy atom. The molecule has 0 aromatic carbocycles. The zero-order valence-electron chi connectivity index (χ0n) is 10.6. The van der Waals surface area contributed by atoms with Gasteiger partial charge in [0.2, 0.25) is 0 Å². The zero-order chi connectivity index (χ0) is 12.4. The fourth-order valence-electron chi connectivity index (χ4n) is 1.54. The second kappa shape index (κ2) is 4.30. The van der Waals surface area contributed by atoms with Crippen molar-refractivity contribution in [1.29, 1.82) is 5.26 Å². The molecule has 0 spiro atoms. The molecule has 88 valence electrons. The van der Waals surface area contributed by atoms with E-state index in [1.165, 1.54) is 0 Å². The maximum Gasteiger partial charge on any atom is 0.278 e. The summed E-state index contributed by atoms with van der Waals surface area (Å²) in [6.07, 6.45) is 4.57. The van der Waals surface area contributed by atoms with Gasteiger partial charge in [0.1, 0.15) is 0 Å². The fourth-order valence-corrected chi connectivity index (χ4v) is 1.95. The van der Waals surface area contributed by atoms with Crippen LogP contribution in [0.2, 0.25) is 19.6 Å². The summed E-state index contributed by atoms with van der Waals surface area (Å²) in [5, 5.41) is 13.5. The van der Waals surface area contributed by atoms with Crippen LogP contribution in [0.25, 0.3) is 0 Å². The normalized spacial score (nSPS) is 25.8. The Kier molecular flexibility index (Phi) is 3.43. The van der Waals surface area contributed by atoms with Crippen LogP contribution in [0.3, 0.4) is 0 Å². The Morgan fingerprint density at radius 3 is 2.56 bits per heavy atom. The van der Waals surface area contributed by atoms with Crippen molar-refractivity contribution >= 4 is 14.0 Å². The van der Waals surface area contributed by atoms with E-state index in [4.69, 9.17) is 4.53 Å². The molecular weight excluding hydrogens is 218 g/mol. The lowest BCUT2D eigenvalue weighted by Crippen LogP contribution is -2.45. The van der Waals surface area contributed by atoms with Crippen molar-refractivity contribution < 1.29 is 4.53 Å². The molecule has 0 aromatic heterocycles. The summed E-state index contributed by atoms with van der Waals surface area (Å²) in [6.45, 7) is 8.06. The summed E-state index contributed by atoms with van der Waals surface area (Å²) in [5.74, 6) is 0. The molecule has 1 heterocycles. The predicted molar refractivity (Wildman–Crippen MR) is 67.4 cm³/mol. The molecule has 0 N–H and O–H groups in total. The molecule has 0 amide bonds. The van der Waals surface area contributed by atoms with Gasteiger partial charge in [0, 0.05) is 13.5 Å². The first-order chi connectivity index (χ1) is 7.32. The van der Waals surface area contributed by atoms with Crippen LogP contribution >= 0.6 is 0 Å². The van der Waals surface area contributed by atoms with Crippen LogP contribution in [0.4, 0.5) is 0 Å². The lowest BCUT2D eigenvalue weighted by molar-refractivity contribution is 0.308. The van der Waals surface area contributed by atoms with E-state index < -0.39 is 13.9 Å². The SMILES string of the molecule is C/C(=N\O[Si](C)(C)C)C1(C#N)CC=CN1C. The molecule has 0 fully saturated rings. The van der Waals surface area contributed by atoms with E-state index in [0.29, 0.717) is 6.42 Å². The predicted octanol–water partition coefficient (Wildman–Crippen LogP) is 2.33. The molecule has 5 heteroatoms. The van der Waals surface area contributed by atoms with E-state index in [2.05, 4.69) is 30.9 Å². The van der Waals surface area contributed by atoms with E-state index in [1.54, 1.807) is 0 Å². The highest BCUT2D eigenvalue weighted by atomic mass is 28.4. The Hall–Kier alpha value is -1.28. The fraction of sp³-hybridized carbons (Fsp3) is 0.636. The third-order valence-corrected chi connectivity index (χ3v) is 3.22. The molecule has 0 saturated heterocycles. The monoisotopic (exact) mass is 237 g/mol. The number of nitrogens with zero attached hydrogens (tertiary/aromatic N) is 3. The van der Waals surface area contributed by atoms with Gasteiger partial charge in [-0.3, -0.25) is 0 Å². The number of oxime groups is 1. The van der Waals surface area contributed by atoms with Crippen LogP contribution in [-0.4, -0.2) is 31.5 Å². The van der Waals surface area contributed by atoms with E-state index >= 15 is 0 Å². The molecule has 1 aliphatic rings. The van der Waals surface area contributed by atoms with Gasteiger partial charge in [0.15, 0.2) is 5.54 Å². The number of rotatable bonds is 3. The molecule has 0 bridgehead atoms. The first-order valence-electron chi connectivity index (χ1n) is 5.36. The smallest absolute Gasteiger partial charge is 0.278 e. The van der Waals surface area contributed by atoms with Crippen molar-refractivity contribution in [2.75, 3.05) is 7.05 Å². The van der Waals surface area contributed by atoms with Crippen molar-refractivity contribution in [3.63, 3.8) is 0 Å². The molecule has 0 radical (unpaired) electrons. The number of hydrogen-bond donors (Lipinski definition) is 0. The molecular formula is C11H19N3OSi. The van der Waals surface area contributed by atoms with Crippen molar-refractivity contribution in [1.82, 2.24) is 4.90 Å². The molecule has 0 aromatic rings. The highest BCUT2D eigenvalue weighted by molar-refractivity contribution is 6.69. The standard InChI is InChI=1S/C11H19N3OSi/c1-10(13-15-16(3,4)5)11(9-12)7-6-8-14(11)2/h6,8H,7H2,1-5H3/b13-10+.